The second-order valence-corrected chi connectivity index (χ2v) is 8.09. The lowest BCUT2D eigenvalue weighted by atomic mass is 9.92. The first-order chi connectivity index (χ1) is 14.6. The molecule has 2 saturated heterocycles. The lowest BCUT2D eigenvalue weighted by molar-refractivity contribution is -0.139. The van der Waals surface area contributed by atoms with Crippen molar-refractivity contribution in [1.82, 2.24) is 15.1 Å². The number of nitrogens with zero attached hydrogens (tertiary/aromatic N) is 3. The molecule has 1 unspecified atom stereocenters. The van der Waals surface area contributed by atoms with Gasteiger partial charge in [-0.2, -0.15) is 0 Å². The molecule has 3 aliphatic rings. The first kappa shape index (κ1) is 18.7. The van der Waals surface area contributed by atoms with Gasteiger partial charge in [0.2, 0.25) is 5.91 Å². The van der Waals surface area contributed by atoms with Crippen molar-refractivity contribution in [3.63, 3.8) is 0 Å². The summed E-state index contributed by atoms with van der Waals surface area (Å²) < 4.78 is 0. The van der Waals surface area contributed by atoms with Crippen molar-refractivity contribution in [2.45, 2.75) is 18.4 Å². The van der Waals surface area contributed by atoms with Crippen LogP contribution in [0.5, 0.6) is 0 Å². The van der Waals surface area contributed by atoms with Gasteiger partial charge in [-0.05, 0) is 36.1 Å². The summed E-state index contributed by atoms with van der Waals surface area (Å²) in [5.41, 5.74) is 2.06. The van der Waals surface area contributed by atoms with Crippen molar-refractivity contribution >= 4 is 23.5 Å². The number of nitrogens with one attached hydrogen (secondary N) is 1. The normalized spacial score (nSPS) is 23.1. The number of fused-ring (bicyclic) bond motifs is 2. The van der Waals surface area contributed by atoms with Crippen molar-refractivity contribution in [1.29, 1.82) is 0 Å². The number of hydrogen-bond donors (Lipinski definition) is 1. The molecule has 7 nitrogen and oxygen atoms in total. The molecule has 154 valence electrons. The number of imide groups is 1. The molecule has 4 amide bonds. The lowest BCUT2D eigenvalue weighted by Crippen LogP contribution is -2.52. The van der Waals surface area contributed by atoms with Crippen LogP contribution in [-0.2, 0) is 21.5 Å². The maximum Gasteiger partial charge on any atom is 0.325 e. The maximum absolute atomic E-state index is 13.2. The van der Waals surface area contributed by atoms with Gasteiger partial charge in [0.05, 0.1) is 0 Å². The molecule has 2 aromatic rings. The van der Waals surface area contributed by atoms with E-state index in [-0.39, 0.29) is 18.4 Å². The minimum Gasteiger partial charge on any atom is -0.368 e. The van der Waals surface area contributed by atoms with Crippen LogP contribution >= 0.6 is 0 Å². The summed E-state index contributed by atoms with van der Waals surface area (Å²) in [6.07, 6.45) is 1.28. The third-order valence-electron chi connectivity index (χ3n) is 6.47. The fourth-order valence-corrected chi connectivity index (χ4v) is 4.82. The standard InChI is InChI=1S/C23H24N4O3/c28-20(26-14-12-25(13-15-26)18-7-2-1-3-8-18)16-27-21(29)23(24-22(27)30)11-10-17-6-4-5-9-19(17)23/h1-9H,10-16H2,(H,24,30). The number of amides is 4. The molecule has 1 N–H and O–H groups in total. The van der Waals surface area contributed by atoms with E-state index < -0.39 is 11.6 Å². The highest BCUT2D eigenvalue weighted by Crippen LogP contribution is 2.41. The van der Waals surface area contributed by atoms with Crippen LogP contribution in [0.4, 0.5) is 10.5 Å². The third-order valence-corrected chi connectivity index (χ3v) is 6.47. The highest BCUT2D eigenvalue weighted by molar-refractivity contribution is 6.09. The summed E-state index contributed by atoms with van der Waals surface area (Å²) in [7, 11) is 0. The summed E-state index contributed by atoms with van der Waals surface area (Å²) in [6, 6.07) is 17.3. The topological polar surface area (TPSA) is 73.0 Å². The number of benzene rings is 2. The van der Waals surface area contributed by atoms with E-state index in [1.807, 2.05) is 42.5 Å². The molecule has 2 aliphatic heterocycles. The van der Waals surface area contributed by atoms with Crippen molar-refractivity contribution in [2.24, 2.45) is 0 Å². The Labute approximate surface area is 175 Å². The number of piperazine rings is 1. The van der Waals surface area contributed by atoms with Crippen molar-refractivity contribution in [2.75, 3.05) is 37.6 Å². The average Bonchev–Trinajstić information content (AvgIpc) is 3.27. The van der Waals surface area contributed by atoms with Crippen molar-refractivity contribution < 1.29 is 14.4 Å². The van der Waals surface area contributed by atoms with Crippen molar-refractivity contribution in [3.05, 3.63) is 65.7 Å². The van der Waals surface area contributed by atoms with Crippen LogP contribution in [0.15, 0.2) is 54.6 Å². The Balaban J connectivity index is 1.25. The van der Waals surface area contributed by atoms with Gasteiger partial charge in [-0.15, -0.1) is 0 Å². The largest absolute Gasteiger partial charge is 0.368 e. The van der Waals surface area contributed by atoms with Gasteiger partial charge in [-0.3, -0.25) is 14.5 Å². The van der Waals surface area contributed by atoms with Gasteiger partial charge in [0.1, 0.15) is 12.1 Å². The number of carbonyl (C=O) groups excluding carboxylic acids is 3. The van der Waals surface area contributed by atoms with E-state index in [9.17, 15) is 14.4 Å². The molecule has 0 bridgehead atoms. The summed E-state index contributed by atoms with van der Waals surface area (Å²) in [4.78, 5) is 43.8. The monoisotopic (exact) mass is 404 g/mol. The summed E-state index contributed by atoms with van der Waals surface area (Å²) in [5.74, 6) is -0.497. The van der Waals surface area contributed by atoms with Gasteiger partial charge in [0.15, 0.2) is 0 Å². The third kappa shape index (κ3) is 2.93. The number of carbonyl (C=O) groups is 3. The lowest BCUT2D eigenvalue weighted by Gasteiger charge is -2.36. The Kier molecular flexibility index (Phi) is 4.46. The molecular formula is C23H24N4O3. The van der Waals surface area contributed by atoms with Gasteiger partial charge >= 0.3 is 6.03 Å². The SMILES string of the molecule is O=C(CN1C(=O)NC2(CCc3ccccc32)C1=O)N1CCN(c2ccccc2)CC1. The Morgan fingerprint density at radius 3 is 2.40 bits per heavy atom. The molecule has 1 atom stereocenters. The molecule has 30 heavy (non-hydrogen) atoms. The van der Waals surface area contributed by atoms with Crippen LogP contribution in [0.2, 0.25) is 0 Å². The smallest absolute Gasteiger partial charge is 0.325 e. The number of hydrogen-bond acceptors (Lipinski definition) is 4. The fourth-order valence-electron chi connectivity index (χ4n) is 4.82. The van der Waals surface area contributed by atoms with E-state index in [4.69, 9.17) is 0 Å². The molecule has 0 radical (unpaired) electrons. The van der Waals surface area contributed by atoms with Crippen LogP contribution in [0.1, 0.15) is 17.5 Å². The van der Waals surface area contributed by atoms with E-state index >= 15 is 0 Å². The Bertz CT molecular complexity index is 1000. The van der Waals surface area contributed by atoms with E-state index in [1.165, 1.54) is 0 Å². The van der Waals surface area contributed by atoms with Crippen LogP contribution in [0.3, 0.4) is 0 Å². The van der Waals surface area contributed by atoms with Gasteiger partial charge in [0, 0.05) is 31.9 Å². The van der Waals surface area contributed by atoms with E-state index in [1.54, 1.807) is 4.90 Å². The molecule has 1 aliphatic carbocycles. The van der Waals surface area contributed by atoms with Gasteiger partial charge in [0.25, 0.3) is 5.91 Å². The molecule has 1 spiro atoms. The van der Waals surface area contributed by atoms with Crippen LogP contribution in [-0.4, -0.2) is 60.4 Å². The minimum atomic E-state index is -1.01. The van der Waals surface area contributed by atoms with E-state index in [2.05, 4.69) is 22.3 Å². The average molecular weight is 404 g/mol. The first-order valence-electron chi connectivity index (χ1n) is 10.4. The van der Waals surface area contributed by atoms with Gasteiger partial charge < -0.3 is 15.1 Å². The molecule has 2 heterocycles. The van der Waals surface area contributed by atoms with Crippen LogP contribution < -0.4 is 10.2 Å². The summed E-state index contributed by atoms with van der Waals surface area (Å²) in [5, 5.41) is 2.88. The number of para-hydroxylation sites is 1. The zero-order valence-corrected chi connectivity index (χ0v) is 16.7. The predicted octanol–water partition coefficient (Wildman–Crippen LogP) is 1.73. The minimum absolute atomic E-state index is 0.186. The molecule has 7 heteroatoms. The molecule has 0 aromatic heterocycles. The van der Waals surface area contributed by atoms with E-state index in [0.717, 1.165) is 41.2 Å². The van der Waals surface area contributed by atoms with E-state index in [0.29, 0.717) is 19.5 Å². The summed E-state index contributed by atoms with van der Waals surface area (Å²) in [6.45, 7) is 2.40. The quantitative estimate of drug-likeness (QED) is 0.791. The Morgan fingerprint density at radius 2 is 1.63 bits per heavy atom. The van der Waals surface area contributed by atoms with Gasteiger partial charge in [-0.25, -0.2) is 4.79 Å². The molecule has 2 fully saturated rings. The molecule has 5 rings (SSSR count). The van der Waals surface area contributed by atoms with Gasteiger partial charge in [-0.1, -0.05) is 42.5 Å². The number of rotatable bonds is 3. The zero-order chi connectivity index (χ0) is 20.7. The highest BCUT2D eigenvalue weighted by Gasteiger charge is 2.55. The maximum atomic E-state index is 13.2. The Morgan fingerprint density at radius 1 is 0.933 bits per heavy atom. The number of anilines is 1. The fraction of sp³-hybridized carbons (Fsp3) is 0.348. The zero-order valence-electron chi connectivity index (χ0n) is 16.7. The van der Waals surface area contributed by atoms with Crippen molar-refractivity contribution in [3.8, 4) is 0 Å². The second-order valence-electron chi connectivity index (χ2n) is 8.09. The van der Waals surface area contributed by atoms with Crippen LogP contribution in [0.25, 0.3) is 0 Å². The first-order valence-corrected chi connectivity index (χ1v) is 10.4. The molecule has 2 aromatic carbocycles. The molecular weight excluding hydrogens is 380 g/mol. The molecule has 0 saturated carbocycles. The highest BCUT2D eigenvalue weighted by atomic mass is 16.2. The summed E-state index contributed by atoms with van der Waals surface area (Å²) >= 11 is 0. The number of urea groups is 1. The Hall–Kier alpha value is -3.35. The number of aryl methyl sites for hydroxylation is 1. The predicted molar refractivity (Wildman–Crippen MR) is 112 cm³/mol. The second kappa shape index (κ2) is 7.16. The van der Waals surface area contributed by atoms with Crippen LogP contribution in [0, 0.1) is 0 Å².